The maximum absolute atomic E-state index is 13.1. The summed E-state index contributed by atoms with van der Waals surface area (Å²) in [5.74, 6) is 1.18. The van der Waals surface area contributed by atoms with Gasteiger partial charge in [-0.2, -0.15) is 0 Å². The lowest BCUT2D eigenvalue weighted by Crippen LogP contribution is -2.64. The van der Waals surface area contributed by atoms with Crippen LogP contribution in [0.2, 0.25) is 0 Å². The number of amides is 1. The number of likely N-dealkylation sites (tertiary alicyclic amines) is 1. The fraction of sp³-hybridized carbons (Fsp3) is 0.571. The van der Waals surface area contributed by atoms with Gasteiger partial charge in [-0.1, -0.05) is 12.1 Å². The second kappa shape index (κ2) is 11.0. The smallest absolute Gasteiger partial charge is 0.308 e. The molecule has 2 fully saturated rings. The normalized spacial score (nSPS) is 19.1. The molecule has 2 N–H and O–H groups in total. The van der Waals surface area contributed by atoms with E-state index in [1.165, 1.54) is 12.0 Å². The van der Waals surface area contributed by atoms with E-state index in [9.17, 15) is 9.59 Å². The molecule has 9 nitrogen and oxygen atoms in total. The van der Waals surface area contributed by atoms with Gasteiger partial charge < -0.3 is 25.0 Å². The second-order valence-corrected chi connectivity index (χ2v) is 10.6. The van der Waals surface area contributed by atoms with Crippen LogP contribution in [0, 0.1) is 11.3 Å². The summed E-state index contributed by atoms with van der Waals surface area (Å²) < 4.78 is 10.3. The van der Waals surface area contributed by atoms with E-state index in [0.29, 0.717) is 12.5 Å². The van der Waals surface area contributed by atoms with Gasteiger partial charge in [0, 0.05) is 56.5 Å². The van der Waals surface area contributed by atoms with Crippen LogP contribution in [0.4, 0.5) is 5.82 Å². The summed E-state index contributed by atoms with van der Waals surface area (Å²) in [5.41, 5.74) is 3.48. The zero-order chi connectivity index (χ0) is 25.8. The number of fused-ring (bicyclic) bond motifs is 1. The Kier molecular flexibility index (Phi) is 7.60. The quantitative estimate of drug-likeness (QED) is 0.473. The summed E-state index contributed by atoms with van der Waals surface area (Å²) in [6.45, 7) is 6.16. The lowest BCUT2D eigenvalue weighted by molar-refractivity contribution is -0.147. The molecule has 1 amide bonds. The number of anilines is 1. The zero-order valence-corrected chi connectivity index (χ0v) is 21.8. The lowest BCUT2D eigenvalue weighted by atomic mass is 9.57. The molecule has 1 atom stereocenters. The van der Waals surface area contributed by atoms with Crippen molar-refractivity contribution >= 4 is 17.7 Å². The van der Waals surface area contributed by atoms with Crippen LogP contribution >= 0.6 is 0 Å². The number of nitrogens with one attached hydrogen (secondary N) is 2. The van der Waals surface area contributed by atoms with Crippen LogP contribution in [0.25, 0.3) is 0 Å². The number of hydrogen-bond donors (Lipinski definition) is 2. The average molecular weight is 508 g/mol. The third-order valence-corrected chi connectivity index (χ3v) is 7.85. The number of aromatic nitrogens is 2. The van der Waals surface area contributed by atoms with Gasteiger partial charge in [0.1, 0.15) is 5.82 Å². The Morgan fingerprint density at radius 1 is 1.24 bits per heavy atom. The van der Waals surface area contributed by atoms with Crippen molar-refractivity contribution in [3.05, 3.63) is 47.3 Å². The first-order valence-corrected chi connectivity index (χ1v) is 13.4. The van der Waals surface area contributed by atoms with Crippen LogP contribution in [-0.2, 0) is 27.2 Å². The molecule has 0 unspecified atom stereocenters. The number of ether oxygens (including phenoxy) is 2. The Balaban J connectivity index is 1.09. The number of carbonyl (C=O) groups excluding carboxylic acids is 2. The molecule has 0 bridgehead atoms. The molecule has 1 saturated carbocycles. The molecule has 3 aliphatic rings. The average Bonchev–Trinajstić information content (AvgIpc) is 2.86. The lowest BCUT2D eigenvalue weighted by Gasteiger charge is -2.59. The summed E-state index contributed by atoms with van der Waals surface area (Å²) in [5, 5.41) is 6.50. The molecule has 198 valence electrons. The molecule has 2 aromatic rings. The van der Waals surface area contributed by atoms with E-state index in [-0.39, 0.29) is 29.6 Å². The number of pyridine rings is 2. The summed E-state index contributed by atoms with van der Waals surface area (Å²) in [4.78, 5) is 36.8. The summed E-state index contributed by atoms with van der Waals surface area (Å²) in [6.07, 6.45) is 6.73. The predicted molar refractivity (Wildman–Crippen MR) is 139 cm³/mol. The maximum Gasteiger partial charge on any atom is 0.308 e. The number of rotatable bonds is 10. The van der Waals surface area contributed by atoms with Crippen LogP contribution in [-0.4, -0.2) is 66.6 Å². The van der Waals surface area contributed by atoms with E-state index < -0.39 is 6.04 Å². The molecule has 9 heteroatoms. The Morgan fingerprint density at radius 3 is 2.81 bits per heavy atom. The van der Waals surface area contributed by atoms with Gasteiger partial charge in [-0.3, -0.25) is 9.59 Å². The van der Waals surface area contributed by atoms with E-state index in [2.05, 4.69) is 32.7 Å². The Labute approximate surface area is 218 Å². The van der Waals surface area contributed by atoms with Crippen molar-refractivity contribution < 1.29 is 19.1 Å². The van der Waals surface area contributed by atoms with Crippen LogP contribution in [0.5, 0.6) is 5.88 Å². The topological polar surface area (TPSA) is 106 Å². The monoisotopic (exact) mass is 507 g/mol. The highest BCUT2D eigenvalue weighted by Gasteiger charge is 2.54. The molecular formula is C28H37N5O4. The van der Waals surface area contributed by atoms with Crippen LogP contribution in [0.15, 0.2) is 30.5 Å². The Bertz CT molecular complexity index is 1110. The van der Waals surface area contributed by atoms with Gasteiger partial charge >= 0.3 is 5.97 Å². The predicted octanol–water partition coefficient (Wildman–Crippen LogP) is 2.91. The number of esters is 1. The van der Waals surface area contributed by atoms with E-state index in [4.69, 9.17) is 14.5 Å². The number of carbonyl (C=O) groups is 2. The van der Waals surface area contributed by atoms with Crippen LogP contribution in [0.3, 0.4) is 0 Å². The molecular weight excluding hydrogens is 470 g/mol. The van der Waals surface area contributed by atoms with Gasteiger partial charge in [-0.25, -0.2) is 9.97 Å². The molecule has 2 aromatic heterocycles. The third kappa shape index (κ3) is 5.87. The maximum atomic E-state index is 13.1. The van der Waals surface area contributed by atoms with E-state index in [1.807, 2.05) is 6.07 Å². The molecule has 2 aliphatic heterocycles. The van der Waals surface area contributed by atoms with E-state index in [0.717, 1.165) is 68.9 Å². The largest absolute Gasteiger partial charge is 0.481 e. The van der Waals surface area contributed by atoms with Crippen molar-refractivity contribution in [1.29, 1.82) is 0 Å². The van der Waals surface area contributed by atoms with Crippen LogP contribution < -0.4 is 15.4 Å². The van der Waals surface area contributed by atoms with Crippen molar-refractivity contribution in [2.24, 2.45) is 11.3 Å². The van der Waals surface area contributed by atoms with Gasteiger partial charge in [0.05, 0.1) is 26.2 Å². The molecule has 1 spiro atoms. The van der Waals surface area contributed by atoms with Gasteiger partial charge in [0.2, 0.25) is 11.8 Å². The molecule has 1 aliphatic carbocycles. The number of aryl methyl sites for hydroxylation is 1. The van der Waals surface area contributed by atoms with E-state index >= 15 is 0 Å². The second-order valence-electron chi connectivity index (χ2n) is 10.6. The fourth-order valence-corrected chi connectivity index (χ4v) is 5.92. The number of nitrogens with zero attached hydrogens (tertiary/aromatic N) is 3. The number of methoxy groups -OCH3 is 1. The first-order valence-electron chi connectivity index (χ1n) is 13.4. The van der Waals surface area contributed by atoms with Crippen molar-refractivity contribution in [3.8, 4) is 5.88 Å². The highest BCUT2D eigenvalue weighted by Crippen LogP contribution is 2.52. The minimum absolute atomic E-state index is 0.0000455. The first kappa shape index (κ1) is 25.4. The van der Waals surface area contributed by atoms with Gasteiger partial charge in [0.15, 0.2) is 0 Å². The fourth-order valence-electron chi connectivity index (χ4n) is 5.92. The number of hydrogen-bond acceptors (Lipinski definition) is 8. The van der Waals surface area contributed by atoms with Crippen molar-refractivity contribution in [2.45, 2.75) is 51.5 Å². The SMILES string of the molecule is CCOC(=O)C[C@H](NC(=O)C1CC2(C1)CN(CCc1ccc3c(n1)NCCC3)C2)c1ccc(OC)nc1. The van der Waals surface area contributed by atoms with Crippen molar-refractivity contribution in [3.63, 3.8) is 0 Å². The first-order chi connectivity index (χ1) is 18.0. The van der Waals surface area contributed by atoms with Crippen molar-refractivity contribution in [1.82, 2.24) is 20.2 Å². The summed E-state index contributed by atoms with van der Waals surface area (Å²) in [7, 11) is 1.55. The molecule has 1 saturated heterocycles. The molecule has 5 rings (SSSR count). The van der Waals surface area contributed by atoms with E-state index in [1.54, 1.807) is 26.3 Å². The zero-order valence-electron chi connectivity index (χ0n) is 21.8. The minimum Gasteiger partial charge on any atom is -0.481 e. The molecule has 0 radical (unpaired) electrons. The highest BCUT2D eigenvalue weighted by atomic mass is 16.5. The standard InChI is InChI=1S/C28H37N5O4/c1-3-37-25(34)13-23(20-7-9-24(36-2)30-16-20)32-27(35)21-14-28(15-21)17-33(18-28)12-10-22-8-6-19-5-4-11-29-26(19)31-22/h6-9,16,21,23H,3-5,10-15,17-18H2,1-2H3,(H,29,31)(H,32,35)/t23-/m0/s1. The molecule has 0 aromatic carbocycles. The molecule has 4 heterocycles. The molecule has 37 heavy (non-hydrogen) atoms. The summed E-state index contributed by atoms with van der Waals surface area (Å²) in [6, 6.07) is 7.47. The van der Waals surface area contributed by atoms with Gasteiger partial charge in [0.25, 0.3) is 0 Å². The minimum atomic E-state index is -0.474. The Morgan fingerprint density at radius 2 is 2.08 bits per heavy atom. The summed E-state index contributed by atoms with van der Waals surface area (Å²) >= 11 is 0. The van der Waals surface area contributed by atoms with Crippen molar-refractivity contribution in [2.75, 3.05) is 45.2 Å². The Hall–Kier alpha value is -3.20. The van der Waals surface area contributed by atoms with Gasteiger partial charge in [-0.15, -0.1) is 0 Å². The third-order valence-electron chi connectivity index (χ3n) is 7.85. The highest BCUT2D eigenvalue weighted by molar-refractivity contribution is 5.81. The van der Waals surface area contributed by atoms with Crippen LogP contribution in [0.1, 0.15) is 55.5 Å². The van der Waals surface area contributed by atoms with Gasteiger partial charge in [-0.05, 0) is 55.2 Å².